The number of amides is 2. The molecule has 0 radical (unpaired) electrons. The van der Waals surface area contributed by atoms with Crippen molar-refractivity contribution in [2.75, 3.05) is 18.4 Å². The summed E-state index contributed by atoms with van der Waals surface area (Å²) in [6.45, 7) is 2.05. The minimum atomic E-state index is -3.63. The zero-order valence-corrected chi connectivity index (χ0v) is 19.7. The van der Waals surface area contributed by atoms with Gasteiger partial charge >= 0.3 is 0 Å². The summed E-state index contributed by atoms with van der Waals surface area (Å²) in [7, 11) is -3.63. The van der Waals surface area contributed by atoms with Gasteiger partial charge in [-0.15, -0.1) is 0 Å². The fraction of sp³-hybridized carbons (Fsp3) is 0.292. The second kappa shape index (κ2) is 10.2. The van der Waals surface area contributed by atoms with Crippen LogP contribution in [0.25, 0.3) is 5.69 Å². The number of piperidine rings is 1. The predicted molar refractivity (Wildman–Crippen MR) is 128 cm³/mol. The molecule has 1 aromatic heterocycles. The number of benzene rings is 2. The Morgan fingerprint density at radius 2 is 1.71 bits per heavy atom. The number of anilines is 1. The molecule has 0 bridgehead atoms. The Bertz CT molecular complexity index is 1250. The third-order valence-electron chi connectivity index (χ3n) is 5.65. The van der Waals surface area contributed by atoms with Gasteiger partial charge in [0.2, 0.25) is 21.8 Å². The standard InChI is InChI=1S/C24H27N5O4S/c1-18(30)26-20-7-9-23(10-8-20)34(32,33)28-13-11-21(12-14-28)27-24(31)15-19-16-25-29(17-19)22-5-3-2-4-6-22/h2-10,16-17,21H,11-15H2,1H3,(H,26,30)(H,27,31). The van der Waals surface area contributed by atoms with Crippen LogP contribution in [-0.2, 0) is 26.0 Å². The Morgan fingerprint density at radius 3 is 2.35 bits per heavy atom. The van der Waals surface area contributed by atoms with Crippen molar-refractivity contribution in [3.05, 3.63) is 72.6 Å². The number of aromatic nitrogens is 2. The Labute approximate surface area is 198 Å². The summed E-state index contributed by atoms with van der Waals surface area (Å²) in [6.07, 6.45) is 4.81. The molecule has 1 aliphatic rings. The summed E-state index contributed by atoms with van der Waals surface area (Å²) in [4.78, 5) is 23.8. The fourth-order valence-electron chi connectivity index (χ4n) is 3.94. The summed E-state index contributed by atoms with van der Waals surface area (Å²) >= 11 is 0. The molecule has 9 nitrogen and oxygen atoms in total. The number of carbonyl (C=O) groups is 2. The second-order valence-electron chi connectivity index (χ2n) is 8.26. The molecule has 2 heterocycles. The molecule has 2 N–H and O–H groups in total. The molecule has 0 saturated carbocycles. The average molecular weight is 482 g/mol. The Morgan fingerprint density at radius 1 is 1.03 bits per heavy atom. The molecule has 4 rings (SSSR count). The normalized spacial score (nSPS) is 15.1. The molecule has 10 heteroatoms. The van der Waals surface area contributed by atoms with Gasteiger partial charge in [0.25, 0.3) is 0 Å². The maximum Gasteiger partial charge on any atom is 0.243 e. The van der Waals surface area contributed by atoms with E-state index in [1.165, 1.54) is 23.4 Å². The van der Waals surface area contributed by atoms with E-state index >= 15 is 0 Å². The maximum absolute atomic E-state index is 13.0. The largest absolute Gasteiger partial charge is 0.353 e. The van der Waals surface area contributed by atoms with Crippen LogP contribution in [0.5, 0.6) is 0 Å². The summed E-state index contributed by atoms with van der Waals surface area (Å²) < 4.78 is 29.1. The maximum atomic E-state index is 13.0. The van der Waals surface area contributed by atoms with Gasteiger partial charge in [0.05, 0.1) is 23.2 Å². The van der Waals surface area contributed by atoms with E-state index in [4.69, 9.17) is 0 Å². The van der Waals surface area contributed by atoms with Crippen molar-refractivity contribution in [3.8, 4) is 5.69 Å². The zero-order chi connectivity index (χ0) is 24.1. The SMILES string of the molecule is CC(=O)Nc1ccc(S(=O)(=O)N2CCC(NC(=O)Cc3cnn(-c4ccccc4)c3)CC2)cc1. The van der Waals surface area contributed by atoms with Gasteiger partial charge in [-0.1, -0.05) is 18.2 Å². The number of nitrogens with zero attached hydrogens (tertiary/aromatic N) is 3. The summed E-state index contributed by atoms with van der Waals surface area (Å²) in [5.74, 6) is -0.327. The van der Waals surface area contributed by atoms with Crippen LogP contribution in [0.4, 0.5) is 5.69 Å². The first-order valence-corrected chi connectivity index (χ1v) is 12.5. The first-order valence-electron chi connectivity index (χ1n) is 11.1. The lowest BCUT2D eigenvalue weighted by atomic mass is 10.1. The number of rotatable bonds is 7. The van der Waals surface area contributed by atoms with Crippen LogP contribution in [0.2, 0.25) is 0 Å². The van der Waals surface area contributed by atoms with Crippen molar-refractivity contribution in [1.82, 2.24) is 19.4 Å². The molecule has 1 saturated heterocycles. The highest BCUT2D eigenvalue weighted by Gasteiger charge is 2.30. The smallest absolute Gasteiger partial charge is 0.243 e. The van der Waals surface area contributed by atoms with Crippen molar-refractivity contribution in [3.63, 3.8) is 0 Å². The quantitative estimate of drug-likeness (QED) is 0.538. The molecule has 34 heavy (non-hydrogen) atoms. The first kappa shape index (κ1) is 23.7. The molecular weight excluding hydrogens is 454 g/mol. The first-order chi connectivity index (χ1) is 16.3. The van der Waals surface area contributed by atoms with Gasteiger partial charge in [0, 0.05) is 37.9 Å². The van der Waals surface area contributed by atoms with Crippen molar-refractivity contribution >= 4 is 27.5 Å². The number of hydrogen-bond acceptors (Lipinski definition) is 5. The average Bonchev–Trinajstić information content (AvgIpc) is 3.28. The van der Waals surface area contributed by atoms with E-state index in [1.54, 1.807) is 23.0 Å². The molecule has 2 aromatic carbocycles. The highest BCUT2D eigenvalue weighted by Crippen LogP contribution is 2.22. The van der Waals surface area contributed by atoms with Crippen molar-refractivity contribution in [2.24, 2.45) is 0 Å². The molecule has 2 amide bonds. The minimum absolute atomic E-state index is 0.0785. The van der Waals surface area contributed by atoms with Crippen LogP contribution in [0.15, 0.2) is 71.9 Å². The van der Waals surface area contributed by atoms with E-state index in [1.807, 2.05) is 36.5 Å². The predicted octanol–water partition coefficient (Wildman–Crippen LogP) is 2.34. The number of nitrogens with one attached hydrogen (secondary N) is 2. The summed E-state index contributed by atoms with van der Waals surface area (Å²) in [5, 5.41) is 9.95. The van der Waals surface area contributed by atoms with Gasteiger partial charge < -0.3 is 10.6 Å². The summed E-state index contributed by atoms with van der Waals surface area (Å²) in [5.41, 5.74) is 2.28. The van der Waals surface area contributed by atoms with E-state index in [9.17, 15) is 18.0 Å². The van der Waals surface area contributed by atoms with Crippen LogP contribution in [-0.4, -0.2) is 53.4 Å². The lowest BCUT2D eigenvalue weighted by Gasteiger charge is -2.31. The van der Waals surface area contributed by atoms with E-state index in [0.29, 0.717) is 31.6 Å². The van der Waals surface area contributed by atoms with Crippen LogP contribution < -0.4 is 10.6 Å². The Balaban J connectivity index is 1.28. The van der Waals surface area contributed by atoms with Crippen LogP contribution >= 0.6 is 0 Å². The Hall–Kier alpha value is -3.50. The molecule has 1 fully saturated rings. The second-order valence-corrected chi connectivity index (χ2v) is 10.2. The fourth-order valence-corrected chi connectivity index (χ4v) is 5.41. The molecule has 0 atom stereocenters. The highest BCUT2D eigenvalue weighted by atomic mass is 32.2. The number of sulfonamides is 1. The van der Waals surface area contributed by atoms with E-state index in [0.717, 1.165) is 11.3 Å². The molecule has 1 aliphatic heterocycles. The topological polar surface area (TPSA) is 113 Å². The van der Waals surface area contributed by atoms with Crippen molar-refractivity contribution in [2.45, 2.75) is 37.1 Å². The third-order valence-corrected chi connectivity index (χ3v) is 7.57. The molecule has 3 aromatic rings. The van der Waals surface area contributed by atoms with Crippen molar-refractivity contribution in [1.29, 1.82) is 0 Å². The molecule has 0 aliphatic carbocycles. The minimum Gasteiger partial charge on any atom is -0.353 e. The lowest BCUT2D eigenvalue weighted by Crippen LogP contribution is -2.46. The van der Waals surface area contributed by atoms with Gasteiger partial charge in [-0.2, -0.15) is 9.40 Å². The van der Waals surface area contributed by atoms with Gasteiger partial charge in [-0.05, 0) is 54.8 Å². The highest BCUT2D eigenvalue weighted by molar-refractivity contribution is 7.89. The Kier molecular flexibility index (Phi) is 7.09. The monoisotopic (exact) mass is 481 g/mol. The van der Waals surface area contributed by atoms with Crippen LogP contribution in [0.3, 0.4) is 0 Å². The van der Waals surface area contributed by atoms with Crippen LogP contribution in [0.1, 0.15) is 25.3 Å². The summed E-state index contributed by atoms with van der Waals surface area (Å²) in [6, 6.07) is 15.7. The van der Waals surface area contributed by atoms with Crippen molar-refractivity contribution < 1.29 is 18.0 Å². The number of carbonyl (C=O) groups excluding carboxylic acids is 2. The molecular formula is C24H27N5O4S. The van der Waals surface area contributed by atoms with E-state index in [2.05, 4.69) is 15.7 Å². The number of hydrogen-bond donors (Lipinski definition) is 2. The zero-order valence-electron chi connectivity index (χ0n) is 18.8. The van der Waals surface area contributed by atoms with Gasteiger partial charge in [0.15, 0.2) is 0 Å². The molecule has 178 valence electrons. The molecule has 0 unspecified atom stereocenters. The van der Waals surface area contributed by atoms with Crippen LogP contribution in [0, 0.1) is 0 Å². The van der Waals surface area contributed by atoms with Gasteiger partial charge in [-0.3, -0.25) is 9.59 Å². The van der Waals surface area contributed by atoms with Gasteiger partial charge in [0.1, 0.15) is 0 Å². The van der Waals surface area contributed by atoms with E-state index < -0.39 is 10.0 Å². The van der Waals surface area contributed by atoms with Gasteiger partial charge in [-0.25, -0.2) is 13.1 Å². The van der Waals surface area contributed by atoms with E-state index in [-0.39, 0.29) is 29.2 Å². The third kappa shape index (κ3) is 5.70. The number of para-hydroxylation sites is 1. The lowest BCUT2D eigenvalue weighted by molar-refractivity contribution is -0.121. The molecule has 0 spiro atoms.